The number of benzene rings is 3. The van der Waals surface area contributed by atoms with Crippen LogP contribution in [0.3, 0.4) is 0 Å². The van der Waals surface area contributed by atoms with Gasteiger partial charge >= 0.3 is 0 Å². The van der Waals surface area contributed by atoms with Crippen LogP contribution in [0.1, 0.15) is 54.1 Å². The van der Waals surface area contributed by atoms with E-state index in [1.54, 1.807) is 24.3 Å². The van der Waals surface area contributed by atoms with Gasteiger partial charge in [0.15, 0.2) is 11.6 Å². The SMILES string of the molecule is Cc1ccc(C)c(C(=O)c2ccc(C(=O)c3ccc(C)c(C)c3)cc2)c1. The average molecular weight is 342 g/mol. The van der Waals surface area contributed by atoms with Gasteiger partial charge in [0.25, 0.3) is 0 Å². The summed E-state index contributed by atoms with van der Waals surface area (Å²) in [6.45, 7) is 7.93. The molecular weight excluding hydrogens is 320 g/mol. The maximum Gasteiger partial charge on any atom is 0.193 e. The Morgan fingerprint density at radius 1 is 0.538 bits per heavy atom. The molecule has 0 heterocycles. The van der Waals surface area contributed by atoms with E-state index in [1.165, 1.54) is 0 Å². The van der Waals surface area contributed by atoms with E-state index in [0.717, 1.165) is 22.3 Å². The van der Waals surface area contributed by atoms with Gasteiger partial charge < -0.3 is 0 Å². The Morgan fingerprint density at radius 3 is 1.69 bits per heavy atom. The van der Waals surface area contributed by atoms with Gasteiger partial charge in [0.2, 0.25) is 0 Å². The van der Waals surface area contributed by atoms with Gasteiger partial charge in [-0.05, 0) is 56.5 Å². The van der Waals surface area contributed by atoms with Crippen LogP contribution in [0.5, 0.6) is 0 Å². The van der Waals surface area contributed by atoms with E-state index in [-0.39, 0.29) is 11.6 Å². The van der Waals surface area contributed by atoms with Crippen molar-refractivity contribution < 1.29 is 9.59 Å². The zero-order chi connectivity index (χ0) is 18.8. The van der Waals surface area contributed by atoms with Crippen LogP contribution in [-0.4, -0.2) is 11.6 Å². The minimum absolute atomic E-state index is 0.0172. The van der Waals surface area contributed by atoms with Gasteiger partial charge in [0.05, 0.1) is 0 Å². The predicted octanol–water partition coefficient (Wildman–Crippen LogP) is 5.38. The quantitative estimate of drug-likeness (QED) is 0.596. The van der Waals surface area contributed by atoms with E-state index in [1.807, 2.05) is 64.1 Å². The third-order valence-electron chi connectivity index (χ3n) is 4.82. The lowest BCUT2D eigenvalue weighted by molar-refractivity contribution is 0.102. The Balaban J connectivity index is 1.88. The minimum atomic E-state index is -0.0289. The van der Waals surface area contributed by atoms with Gasteiger partial charge in [-0.3, -0.25) is 9.59 Å². The molecule has 0 aliphatic carbocycles. The molecule has 0 radical (unpaired) electrons. The van der Waals surface area contributed by atoms with E-state index in [0.29, 0.717) is 22.3 Å². The summed E-state index contributed by atoms with van der Waals surface area (Å²) in [5.41, 5.74) is 6.83. The molecule has 0 atom stereocenters. The zero-order valence-electron chi connectivity index (χ0n) is 15.6. The summed E-state index contributed by atoms with van der Waals surface area (Å²) >= 11 is 0. The van der Waals surface area contributed by atoms with Crippen LogP contribution >= 0.6 is 0 Å². The first kappa shape index (κ1) is 17.8. The van der Waals surface area contributed by atoms with Gasteiger partial charge in [-0.2, -0.15) is 0 Å². The molecule has 0 spiro atoms. The molecule has 2 heteroatoms. The number of aryl methyl sites for hydroxylation is 4. The average Bonchev–Trinajstić information content (AvgIpc) is 2.65. The largest absolute Gasteiger partial charge is 0.289 e. The van der Waals surface area contributed by atoms with Crippen LogP contribution in [0.15, 0.2) is 60.7 Å². The van der Waals surface area contributed by atoms with Gasteiger partial charge in [-0.15, -0.1) is 0 Å². The highest BCUT2D eigenvalue weighted by molar-refractivity contribution is 6.12. The van der Waals surface area contributed by atoms with E-state index in [9.17, 15) is 9.59 Å². The molecule has 0 fully saturated rings. The smallest absolute Gasteiger partial charge is 0.193 e. The molecule has 0 aliphatic rings. The summed E-state index contributed by atoms with van der Waals surface area (Å²) in [4.78, 5) is 25.4. The maximum absolute atomic E-state index is 12.8. The molecule has 0 unspecified atom stereocenters. The van der Waals surface area contributed by atoms with E-state index < -0.39 is 0 Å². The van der Waals surface area contributed by atoms with Gasteiger partial charge in [-0.25, -0.2) is 0 Å². The zero-order valence-corrected chi connectivity index (χ0v) is 15.6. The highest BCUT2D eigenvalue weighted by Crippen LogP contribution is 2.19. The number of hydrogen-bond acceptors (Lipinski definition) is 2. The molecule has 0 aliphatic heterocycles. The molecule has 0 amide bonds. The number of hydrogen-bond donors (Lipinski definition) is 0. The summed E-state index contributed by atoms with van der Waals surface area (Å²) in [5, 5.41) is 0. The van der Waals surface area contributed by atoms with Crippen LogP contribution in [-0.2, 0) is 0 Å². The van der Waals surface area contributed by atoms with Crippen molar-refractivity contribution in [3.63, 3.8) is 0 Å². The van der Waals surface area contributed by atoms with E-state index in [2.05, 4.69) is 0 Å². The molecule has 3 aromatic rings. The fourth-order valence-electron chi connectivity index (χ4n) is 2.96. The lowest BCUT2D eigenvalue weighted by atomic mass is 9.95. The van der Waals surface area contributed by atoms with Crippen LogP contribution in [0.4, 0.5) is 0 Å². The minimum Gasteiger partial charge on any atom is -0.289 e. The van der Waals surface area contributed by atoms with Crippen molar-refractivity contribution in [1.29, 1.82) is 0 Å². The molecule has 0 bridgehead atoms. The highest BCUT2D eigenvalue weighted by Gasteiger charge is 2.14. The third-order valence-corrected chi connectivity index (χ3v) is 4.82. The standard InChI is InChI=1S/C24H22O2/c1-15-5-6-17(3)22(13-15)24(26)20-11-9-19(10-12-20)23(25)21-8-7-16(2)18(4)14-21/h5-14H,1-4H3. The van der Waals surface area contributed by atoms with Crippen molar-refractivity contribution in [3.05, 3.63) is 105 Å². The number of ketones is 2. The fourth-order valence-corrected chi connectivity index (χ4v) is 2.96. The lowest BCUT2D eigenvalue weighted by Gasteiger charge is -2.08. The Labute approximate surface area is 154 Å². The van der Waals surface area contributed by atoms with Crippen molar-refractivity contribution in [1.82, 2.24) is 0 Å². The van der Waals surface area contributed by atoms with Crippen molar-refractivity contribution in [3.8, 4) is 0 Å². The summed E-state index contributed by atoms with van der Waals surface area (Å²) in [6.07, 6.45) is 0. The lowest BCUT2D eigenvalue weighted by Crippen LogP contribution is -2.06. The van der Waals surface area contributed by atoms with Crippen molar-refractivity contribution >= 4 is 11.6 Å². The monoisotopic (exact) mass is 342 g/mol. The normalized spacial score (nSPS) is 10.6. The van der Waals surface area contributed by atoms with E-state index in [4.69, 9.17) is 0 Å². The second-order valence-corrected chi connectivity index (χ2v) is 6.85. The van der Waals surface area contributed by atoms with Crippen LogP contribution in [0.25, 0.3) is 0 Å². The van der Waals surface area contributed by atoms with Gasteiger partial charge in [-0.1, -0.05) is 54.1 Å². The van der Waals surface area contributed by atoms with Crippen molar-refractivity contribution in [2.24, 2.45) is 0 Å². The summed E-state index contributed by atoms with van der Waals surface area (Å²) < 4.78 is 0. The summed E-state index contributed by atoms with van der Waals surface area (Å²) in [5.74, 6) is -0.0461. The molecule has 3 aromatic carbocycles. The Kier molecular flexibility index (Phi) is 4.85. The van der Waals surface area contributed by atoms with Crippen LogP contribution < -0.4 is 0 Å². The molecule has 0 saturated heterocycles. The molecule has 26 heavy (non-hydrogen) atoms. The topological polar surface area (TPSA) is 34.1 Å². The van der Waals surface area contributed by atoms with Crippen LogP contribution in [0, 0.1) is 27.7 Å². The third kappa shape index (κ3) is 3.50. The fraction of sp³-hybridized carbons (Fsp3) is 0.167. The molecular formula is C24H22O2. The van der Waals surface area contributed by atoms with Crippen LogP contribution in [0.2, 0.25) is 0 Å². The maximum atomic E-state index is 12.8. The summed E-state index contributed by atoms with van der Waals surface area (Å²) in [6, 6.07) is 18.5. The Hall–Kier alpha value is -3.00. The molecule has 3 rings (SSSR count). The Morgan fingerprint density at radius 2 is 1.08 bits per heavy atom. The van der Waals surface area contributed by atoms with Crippen molar-refractivity contribution in [2.75, 3.05) is 0 Å². The highest BCUT2D eigenvalue weighted by atomic mass is 16.1. The number of carbonyl (C=O) groups is 2. The Bertz CT molecular complexity index is 995. The molecule has 0 aromatic heterocycles. The van der Waals surface area contributed by atoms with Gasteiger partial charge in [0.1, 0.15) is 0 Å². The van der Waals surface area contributed by atoms with Gasteiger partial charge in [0, 0.05) is 22.3 Å². The summed E-state index contributed by atoms with van der Waals surface area (Å²) in [7, 11) is 0. The first-order valence-corrected chi connectivity index (χ1v) is 8.71. The van der Waals surface area contributed by atoms with E-state index >= 15 is 0 Å². The molecule has 2 nitrogen and oxygen atoms in total. The number of rotatable bonds is 4. The van der Waals surface area contributed by atoms with Crippen molar-refractivity contribution in [2.45, 2.75) is 27.7 Å². The molecule has 0 saturated carbocycles. The second kappa shape index (κ2) is 7.09. The predicted molar refractivity (Wildman–Crippen MR) is 105 cm³/mol. The molecule has 0 N–H and O–H groups in total. The second-order valence-electron chi connectivity index (χ2n) is 6.85. The molecule has 130 valence electrons. The number of carbonyl (C=O) groups excluding carboxylic acids is 2. The first-order chi connectivity index (χ1) is 12.4. The first-order valence-electron chi connectivity index (χ1n) is 8.71.